The molecule has 0 aromatic heterocycles. The highest BCUT2D eigenvalue weighted by Gasteiger charge is 2.50. The molecule has 3 fully saturated rings. The summed E-state index contributed by atoms with van der Waals surface area (Å²) in [6.07, 6.45) is 2.15. The van der Waals surface area contributed by atoms with Gasteiger partial charge in [-0.25, -0.2) is 0 Å². The van der Waals surface area contributed by atoms with Crippen LogP contribution in [0.4, 0.5) is 0 Å². The average Bonchev–Trinajstić information content (AvgIpc) is 3.56. The summed E-state index contributed by atoms with van der Waals surface area (Å²) in [6, 6.07) is 5.00. The molecule has 0 aliphatic carbocycles. The molecule has 180 valence electrons. The molecule has 0 saturated carbocycles. The van der Waals surface area contributed by atoms with Gasteiger partial charge in [0.05, 0.1) is 13.1 Å². The van der Waals surface area contributed by atoms with E-state index in [0.717, 1.165) is 4.90 Å². The lowest BCUT2D eigenvalue weighted by atomic mass is 10.0. The number of aliphatic hydroxyl groups is 1. The van der Waals surface area contributed by atoms with Gasteiger partial charge in [-0.1, -0.05) is 18.2 Å². The molecule has 1 aromatic carbocycles. The van der Waals surface area contributed by atoms with Crippen LogP contribution in [0.2, 0.25) is 0 Å². The number of nitrogens with one attached hydrogen (secondary N) is 2. The van der Waals surface area contributed by atoms with E-state index < -0.39 is 48.0 Å². The lowest BCUT2D eigenvalue weighted by molar-refractivity contribution is -0.145. The summed E-state index contributed by atoms with van der Waals surface area (Å²) < 4.78 is 0. The minimum atomic E-state index is -1.94. The summed E-state index contributed by atoms with van der Waals surface area (Å²) in [6.45, 7) is -0.316. The third-order valence-electron chi connectivity index (χ3n) is 7.25. The van der Waals surface area contributed by atoms with E-state index in [9.17, 15) is 29.1 Å². The van der Waals surface area contributed by atoms with E-state index in [0.29, 0.717) is 44.3 Å². The van der Waals surface area contributed by atoms with Gasteiger partial charge in [0, 0.05) is 24.2 Å². The Labute approximate surface area is 196 Å². The molecule has 1 unspecified atom stereocenters. The third-order valence-corrected chi connectivity index (χ3v) is 7.25. The Morgan fingerprint density at radius 1 is 0.853 bits per heavy atom. The van der Waals surface area contributed by atoms with Gasteiger partial charge in [-0.15, -0.1) is 0 Å². The first kappa shape index (κ1) is 22.3. The fraction of sp³-hybridized carbons (Fsp3) is 0.522. The van der Waals surface area contributed by atoms with Crippen molar-refractivity contribution in [1.82, 2.24) is 25.3 Å². The highest BCUT2D eigenvalue weighted by Crippen LogP contribution is 2.37. The first-order chi connectivity index (χ1) is 16.3. The topological polar surface area (TPSA) is 139 Å². The Morgan fingerprint density at radius 2 is 1.47 bits per heavy atom. The van der Waals surface area contributed by atoms with Gasteiger partial charge in [0.25, 0.3) is 5.91 Å². The molecule has 5 rings (SSSR count). The maximum Gasteiger partial charge on any atom is 0.257 e. The maximum absolute atomic E-state index is 13.2. The van der Waals surface area contributed by atoms with Crippen LogP contribution >= 0.6 is 0 Å². The molecule has 34 heavy (non-hydrogen) atoms. The molecule has 11 nitrogen and oxygen atoms in total. The molecular weight excluding hydrogens is 442 g/mol. The van der Waals surface area contributed by atoms with Gasteiger partial charge in [-0.05, 0) is 31.7 Å². The first-order valence-electron chi connectivity index (χ1n) is 11.6. The number of carbonyl (C=O) groups is 5. The molecule has 5 amide bonds. The van der Waals surface area contributed by atoms with Crippen molar-refractivity contribution in [2.45, 2.75) is 43.5 Å². The summed E-state index contributed by atoms with van der Waals surface area (Å²) in [4.78, 5) is 68.9. The van der Waals surface area contributed by atoms with E-state index in [2.05, 4.69) is 10.6 Å². The predicted molar refractivity (Wildman–Crippen MR) is 117 cm³/mol. The molecule has 1 aromatic rings. The SMILES string of the molecule is O=C1NCC2(O)c3ccccc3C(=O)N2CC(=O)N2CCC[C@H]2C(=O)NCC(=O)N2CCC[C@@H]12. The summed E-state index contributed by atoms with van der Waals surface area (Å²) in [5.74, 6) is -2.28. The van der Waals surface area contributed by atoms with Gasteiger partial charge in [0.1, 0.15) is 18.6 Å². The molecular formula is C23H27N5O6. The molecule has 4 aliphatic heterocycles. The van der Waals surface area contributed by atoms with Crippen LogP contribution in [0.3, 0.4) is 0 Å². The minimum Gasteiger partial charge on any atom is -0.365 e. The average molecular weight is 469 g/mol. The second-order valence-corrected chi connectivity index (χ2v) is 9.18. The molecule has 0 bridgehead atoms. The molecule has 11 heteroatoms. The van der Waals surface area contributed by atoms with Crippen LogP contribution in [0.15, 0.2) is 24.3 Å². The number of β-amino-alcohol motifs (C(OH)–C–C–N with tert-alkyl or cyclic N) is 1. The van der Waals surface area contributed by atoms with Crippen LogP contribution in [-0.4, -0.2) is 94.1 Å². The van der Waals surface area contributed by atoms with Crippen molar-refractivity contribution in [3.05, 3.63) is 35.4 Å². The van der Waals surface area contributed by atoms with E-state index >= 15 is 0 Å². The van der Waals surface area contributed by atoms with E-state index in [4.69, 9.17) is 0 Å². The van der Waals surface area contributed by atoms with Crippen molar-refractivity contribution in [1.29, 1.82) is 0 Å². The molecule has 3 atom stereocenters. The second kappa shape index (κ2) is 8.39. The number of hydrogen-bond donors (Lipinski definition) is 3. The van der Waals surface area contributed by atoms with Crippen molar-refractivity contribution in [3.63, 3.8) is 0 Å². The normalized spacial score (nSPS) is 30.1. The number of fused-ring (bicyclic) bond motifs is 5. The molecule has 4 aliphatic rings. The number of nitrogens with zero attached hydrogens (tertiary/aromatic N) is 3. The molecule has 3 saturated heterocycles. The quantitative estimate of drug-likeness (QED) is 0.423. The fourth-order valence-electron chi connectivity index (χ4n) is 5.48. The second-order valence-electron chi connectivity index (χ2n) is 9.18. The van der Waals surface area contributed by atoms with Crippen LogP contribution < -0.4 is 10.6 Å². The smallest absolute Gasteiger partial charge is 0.257 e. The zero-order chi connectivity index (χ0) is 24.0. The van der Waals surface area contributed by atoms with Crippen molar-refractivity contribution >= 4 is 29.5 Å². The standard InChI is InChI=1S/C23H27N5O6/c29-18-11-24-20(31)16-7-4-10-27(16)19(30)12-28-22(33)14-5-1-2-6-15(14)23(28,34)13-25-21(32)17-8-3-9-26(17)18/h1-2,5-6,16-17,34H,3-4,7-13H2,(H,24,31)(H,25,32)/t16-,17-,23?/m0/s1. The number of benzene rings is 1. The zero-order valence-electron chi connectivity index (χ0n) is 18.7. The summed E-state index contributed by atoms with van der Waals surface area (Å²) in [7, 11) is 0. The minimum absolute atomic E-state index is 0.251. The van der Waals surface area contributed by atoms with Crippen molar-refractivity contribution < 1.29 is 29.1 Å². The van der Waals surface area contributed by atoms with Crippen molar-refractivity contribution in [3.8, 4) is 0 Å². The highest BCUT2D eigenvalue weighted by molar-refractivity contribution is 6.02. The van der Waals surface area contributed by atoms with E-state index in [1.54, 1.807) is 24.3 Å². The van der Waals surface area contributed by atoms with Gasteiger partial charge < -0.3 is 25.5 Å². The summed E-state index contributed by atoms with van der Waals surface area (Å²) in [5.41, 5.74) is -1.39. The molecule has 4 heterocycles. The summed E-state index contributed by atoms with van der Waals surface area (Å²) >= 11 is 0. The molecule has 0 radical (unpaired) electrons. The largest absolute Gasteiger partial charge is 0.365 e. The Balaban J connectivity index is 1.52. The van der Waals surface area contributed by atoms with E-state index in [-0.39, 0.29) is 24.6 Å². The third kappa shape index (κ3) is 3.51. The monoisotopic (exact) mass is 469 g/mol. The van der Waals surface area contributed by atoms with E-state index in [1.807, 2.05) is 0 Å². The number of amides is 5. The lowest BCUT2D eigenvalue weighted by Gasteiger charge is -2.36. The van der Waals surface area contributed by atoms with E-state index in [1.165, 1.54) is 9.80 Å². The zero-order valence-corrected chi connectivity index (χ0v) is 18.7. The van der Waals surface area contributed by atoms with Crippen LogP contribution in [-0.2, 0) is 24.9 Å². The van der Waals surface area contributed by atoms with Gasteiger partial charge in [-0.2, -0.15) is 0 Å². The number of hydrogen-bond acceptors (Lipinski definition) is 6. The highest BCUT2D eigenvalue weighted by atomic mass is 16.3. The van der Waals surface area contributed by atoms with Gasteiger partial charge in [0.15, 0.2) is 5.72 Å². The fourth-order valence-corrected chi connectivity index (χ4v) is 5.48. The van der Waals surface area contributed by atoms with Gasteiger partial charge >= 0.3 is 0 Å². The van der Waals surface area contributed by atoms with Gasteiger partial charge in [0.2, 0.25) is 23.6 Å². The van der Waals surface area contributed by atoms with Crippen molar-refractivity contribution in [2.24, 2.45) is 0 Å². The number of carbonyl (C=O) groups excluding carboxylic acids is 5. The van der Waals surface area contributed by atoms with Crippen LogP contribution in [0.1, 0.15) is 41.6 Å². The Bertz CT molecular complexity index is 1080. The van der Waals surface area contributed by atoms with Crippen molar-refractivity contribution in [2.75, 3.05) is 32.7 Å². The molecule has 3 N–H and O–H groups in total. The number of rotatable bonds is 0. The maximum atomic E-state index is 13.2. The Hall–Kier alpha value is -3.47. The van der Waals surface area contributed by atoms with Crippen LogP contribution in [0, 0.1) is 0 Å². The lowest BCUT2D eigenvalue weighted by Crippen LogP contribution is -2.56. The van der Waals surface area contributed by atoms with Crippen LogP contribution in [0.5, 0.6) is 0 Å². The first-order valence-corrected chi connectivity index (χ1v) is 11.6. The summed E-state index contributed by atoms with van der Waals surface area (Å²) in [5, 5.41) is 17.0. The predicted octanol–water partition coefficient (Wildman–Crippen LogP) is -1.48. The van der Waals surface area contributed by atoms with Crippen LogP contribution in [0.25, 0.3) is 0 Å². The molecule has 0 spiro atoms. The van der Waals surface area contributed by atoms with Gasteiger partial charge in [-0.3, -0.25) is 28.9 Å². The Kier molecular flexibility index (Phi) is 5.51. The Morgan fingerprint density at radius 3 is 2.18 bits per heavy atom.